The minimum Gasteiger partial charge on any atom is -0.461 e. The molecular weight excluding hydrogens is 270 g/mol. The van der Waals surface area contributed by atoms with Crippen molar-refractivity contribution in [3.63, 3.8) is 0 Å². The highest BCUT2D eigenvalue weighted by Gasteiger charge is 2.16. The number of hydrogen-bond donors (Lipinski definition) is 0. The maximum atomic E-state index is 11.7. The van der Waals surface area contributed by atoms with Crippen molar-refractivity contribution >= 4 is 17.3 Å². The first-order valence-electron chi connectivity index (χ1n) is 6.77. The number of nitrogens with zero attached hydrogens (tertiary/aromatic N) is 1. The van der Waals surface area contributed by atoms with Gasteiger partial charge in [0.25, 0.3) is 0 Å². The summed E-state index contributed by atoms with van der Waals surface area (Å²) in [5, 5.41) is 0.423. The number of ether oxygens (including phenoxy) is 1. The van der Waals surface area contributed by atoms with Crippen LogP contribution in [0.2, 0.25) is 0 Å². The van der Waals surface area contributed by atoms with Crippen molar-refractivity contribution in [2.45, 2.75) is 33.6 Å². The van der Waals surface area contributed by atoms with E-state index >= 15 is 0 Å². The number of aromatic nitrogens is 1. The minimum absolute atomic E-state index is 0.342. The molecule has 1 aromatic carbocycles. The van der Waals surface area contributed by atoms with Crippen LogP contribution in [0.3, 0.4) is 0 Å². The van der Waals surface area contributed by atoms with E-state index in [9.17, 15) is 4.79 Å². The van der Waals surface area contributed by atoms with Crippen molar-refractivity contribution in [3.05, 3.63) is 40.5 Å². The molecular formula is C16H19NO2S. The number of rotatable bonds is 4. The van der Waals surface area contributed by atoms with Crippen LogP contribution in [0.25, 0.3) is 10.4 Å². The van der Waals surface area contributed by atoms with E-state index in [-0.39, 0.29) is 5.97 Å². The highest BCUT2D eigenvalue weighted by Crippen LogP contribution is 2.31. The molecule has 0 saturated heterocycles. The average molecular weight is 289 g/mol. The number of thiazole rings is 1. The number of hydrogen-bond acceptors (Lipinski definition) is 4. The first-order chi connectivity index (χ1) is 9.52. The molecule has 0 amide bonds. The summed E-state index contributed by atoms with van der Waals surface area (Å²) in [4.78, 5) is 17.0. The molecule has 0 atom stereocenters. The normalized spacial score (nSPS) is 10.8. The third kappa shape index (κ3) is 3.07. The molecule has 4 heteroatoms. The van der Waals surface area contributed by atoms with E-state index in [1.807, 2.05) is 6.92 Å². The fraction of sp³-hybridized carbons (Fsp3) is 0.375. The Bertz CT molecular complexity index is 599. The highest BCUT2D eigenvalue weighted by atomic mass is 32.1. The lowest BCUT2D eigenvalue weighted by Gasteiger charge is -2.06. The summed E-state index contributed by atoms with van der Waals surface area (Å²) in [6.45, 7) is 8.43. The lowest BCUT2D eigenvalue weighted by atomic mass is 10.0. The molecule has 0 saturated carbocycles. The molecule has 1 aromatic heterocycles. The van der Waals surface area contributed by atoms with Gasteiger partial charge in [0.2, 0.25) is 5.01 Å². The van der Waals surface area contributed by atoms with E-state index in [4.69, 9.17) is 4.74 Å². The molecule has 3 nitrogen and oxygen atoms in total. The SMILES string of the molecule is CCOC(=O)c1nc(C)c(-c2ccc(C(C)C)cc2)s1. The zero-order chi connectivity index (χ0) is 14.7. The molecule has 0 aliphatic rings. The highest BCUT2D eigenvalue weighted by molar-refractivity contribution is 7.17. The van der Waals surface area contributed by atoms with E-state index in [2.05, 4.69) is 43.1 Å². The van der Waals surface area contributed by atoms with Gasteiger partial charge >= 0.3 is 5.97 Å². The molecule has 0 radical (unpaired) electrons. The Labute approximate surface area is 123 Å². The molecule has 0 fully saturated rings. The first kappa shape index (κ1) is 14.7. The number of aryl methyl sites for hydroxylation is 1. The van der Waals surface area contributed by atoms with Crippen molar-refractivity contribution in [2.75, 3.05) is 6.61 Å². The molecule has 0 bridgehead atoms. The molecule has 0 aliphatic carbocycles. The topological polar surface area (TPSA) is 39.2 Å². The van der Waals surface area contributed by atoms with Gasteiger partial charge in [0, 0.05) is 0 Å². The molecule has 20 heavy (non-hydrogen) atoms. The summed E-state index contributed by atoms with van der Waals surface area (Å²) >= 11 is 1.39. The molecule has 2 aromatic rings. The Hall–Kier alpha value is -1.68. The van der Waals surface area contributed by atoms with Crippen LogP contribution in [-0.2, 0) is 4.74 Å². The molecule has 0 aliphatic heterocycles. The van der Waals surface area contributed by atoms with Crippen LogP contribution in [0.15, 0.2) is 24.3 Å². The van der Waals surface area contributed by atoms with Gasteiger partial charge in [0.15, 0.2) is 0 Å². The summed E-state index contributed by atoms with van der Waals surface area (Å²) in [5.74, 6) is 0.173. The Balaban J connectivity index is 2.31. The van der Waals surface area contributed by atoms with Gasteiger partial charge in [0.1, 0.15) is 0 Å². The number of carbonyl (C=O) groups is 1. The van der Waals surface area contributed by atoms with Gasteiger partial charge in [-0.3, -0.25) is 0 Å². The molecule has 2 rings (SSSR count). The number of carbonyl (C=O) groups excluding carboxylic acids is 1. The maximum Gasteiger partial charge on any atom is 0.367 e. The number of esters is 1. The predicted molar refractivity (Wildman–Crippen MR) is 82.3 cm³/mol. The molecule has 0 spiro atoms. The second kappa shape index (κ2) is 6.18. The Morgan fingerprint density at radius 2 is 1.95 bits per heavy atom. The Morgan fingerprint density at radius 3 is 2.50 bits per heavy atom. The van der Waals surface area contributed by atoms with Gasteiger partial charge in [-0.2, -0.15) is 0 Å². The molecule has 0 N–H and O–H groups in total. The summed E-state index contributed by atoms with van der Waals surface area (Å²) in [6.07, 6.45) is 0. The zero-order valence-corrected chi connectivity index (χ0v) is 13.1. The Kier molecular flexibility index (Phi) is 4.55. The lowest BCUT2D eigenvalue weighted by molar-refractivity contribution is 0.0525. The zero-order valence-electron chi connectivity index (χ0n) is 12.3. The van der Waals surface area contributed by atoms with Crippen LogP contribution in [0, 0.1) is 6.92 Å². The van der Waals surface area contributed by atoms with Crippen LogP contribution in [0.4, 0.5) is 0 Å². The molecule has 0 unspecified atom stereocenters. The van der Waals surface area contributed by atoms with Crippen molar-refractivity contribution in [1.82, 2.24) is 4.98 Å². The van der Waals surface area contributed by atoms with Crippen LogP contribution in [-0.4, -0.2) is 17.6 Å². The molecule has 106 valence electrons. The van der Waals surface area contributed by atoms with Gasteiger partial charge in [-0.1, -0.05) is 38.1 Å². The quantitative estimate of drug-likeness (QED) is 0.782. The summed E-state index contributed by atoms with van der Waals surface area (Å²) in [6, 6.07) is 8.43. The van der Waals surface area contributed by atoms with Gasteiger partial charge in [-0.15, -0.1) is 11.3 Å². The smallest absolute Gasteiger partial charge is 0.367 e. The third-order valence-electron chi connectivity index (χ3n) is 3.09. The summed E-state index contributed by atoms with van der Waals surface area (Å²) in [5.41, 5.74) is 3.27. The first-order valence-corrected chi connectivity index (χ1v) is 7.59. The van der Waals surface area contributed by atoms with E-state index in [1.165, 1.54) is 16.9 Å². The second-order valence-electron chi connectivity index (χ2n) is 4.93. The standard InChI is InChI=1S/C16H19NO2S/c1-5-19-16(18)15-17-11(4)14(20-15)13-8-6-12(7-9-13)10(2)3/h6-10H,5H2,1-4H3. The van der Waals surface area contributed by atoms with E-state index in [1.54, 1.807) is 6.92 Å². The minimum atomic E-state index is -0.342. The van der Waals surface area contributed by atoms with Gasteiger partial charge in [0.05, 0.1) is 17.2 Å². The number of benzene rings is 1. The van der Waals surface area contributed by atoms with Gasteiger partial charge in [-0.25, -0.2) is 9.78 Å². The van der Waals surface area contributed by atoms with Crippen LogP contribution < -0.4 is 0 Å². The van der Waals surface area contributed by atoms with Gasteiger partial charge < -0.3 is 4.74 Å². The van der Waals surface area contributed by atoms with E-state index < -0.39 is 0 Å². The summed E-state index contributed by atoms with van der Waals surface area (Å²) in [7, 11) is 0. The van der Waals surface area contributed by atoms with Crippen LogP contribution in [0.5, 0.6) is 0 Å². The fourth-order valence-electron chi connectivity index (χ4n) is 1.96. The second-order valence-corrected chi connectivity index (χ2v) is 5.93. The fourth-order valence-corrected chi connectivity index (χ4v) is 2.93. The maximum absolute atomic E-state index is 11.7. The van der Waals surface area contributed by atoms with Gasteiger partial charge in [-0.05, 0) is 30.9 Å². The van der Waals surface area contributed by atoms with E-state index in [0.717, 1.165) is 16.1 Å². The van der Waals surface area contributed by atoms with E-state index in [0.29, 0.717) is 17.5 Å². The molecule has 1 heterocycles. The Morgan fingerprint density at radius 1 is 1.30 bits per heavy atom. The van der Waals surface area contributed by atoms with Crippen LogP contribution in [0.1, 0.15) is 47.7 Å². The summed E-state index contributed by atoms with van der Waals surface area (Å²) < 4.78 is 4.99. The van der Waals surface area contributed by atoms with Crippen molar-refractivity contribution in [3.8, 4) is 10.4 Å². The monoisotopic (exact) mass is 289 g/mol. The largest absolute Gasteiger partial charge is 0.461 e. The third-order valence-corrected chi connectivity index (χ3v) is 4.27. The van der Waals surface area contributed by atoms with Crippen molar-refractivity contribution in [2.24, 2.45) is 0 Å². The van der Waals surface area contributed by atoms with Crippen LogP contribution >= 0.6 is 11.3 Å². The lowest BCUT2D eigenvalue weighted by Crippen LogP contribution is -2.03. The average Bonchev–Trinajstić information content (AvgIpc) is 2.81. The van der Waals surface area contributed by atoms with Crippen molar-refractivity contribution in [1.29, 1.82) is 0 Å². The predicted octanol–water partition coefficient (Wildman–Crippen LogP) is 4.42. The van der Waals surface area contributed by atoms with Crippen molar-refractivity contribution < 1.29 is 9.53 Å².